The molecule has 0 amide bonds. The second kappa shape index (κ2) is 5.55. The Labute approximate surface area is 124 Å². The van der Waals surface area contributed by atoms with Gasteiger partial charge in [-0.05, 0) is 30.2 Å². The lowest BCUT2D eigenvalue weighted by Gasteiger charge is -2.34. The van der Waals surface area contributed by atoms with Crippen LogP contribution in [0, 0.1) is 0 Å². The fourth-order valence-corrected chi connectivity index (χ4v) is 4.84. The van der Waals surface area contributed by atoms with Crippen LogP contribution in [0.4, 0.5) is 0 Å². The molecule has 3 rings (SSSR count). The van der Waals surface area contributed by atoms with E-state index in [-0.39, 0.29) is 0 Å². The predicted molar refractivity (Wildman–Crippen MR) is 82.4 cm³/mol. The predicted octanol–water partition coefficient (Wildman–Crippen LogP) is 3.95. The van der Waals surface area contributed by atoms with Gasteiger partial charge < -0.3 is 10.1 Å². The number of ether oxygens (including phenoxy) is 1. The third-order valence-electron chi connectivity index (χ3n) is 4.02. The van der Waals surface area contributed by atoms with Crippen LogP contribution in [0.25, 0.3) is 0 Å². The molecule has 2 aliphatic heterocycles. The summed E-state index contributed by atoms with van der Waals surface area (Å²) in [5, 5.41) is 5.13. The zero-order valence-corrected chi connectivity index (χ0v) is 13.0. The molecule has 0 saturated carbocycles. The highest BCUT2D eigenvalue weighted by Gasteiger charge is 2.34. The molecule has 1 aromatic rings. The minimum atomic E-state index is 0.353. The van der Waals surface area contributed by atoms with Crippen LogP contribution in [-0.4, -0.2) is 18.4 Å². The van der Waals surface area contributed by atoms with E-state index in [1.807, 2.05) is 11.8 Å². The monoisotopic (exact) mass is 297 g/mol. The topological polar surface area (TPSA) is 21.3 Å². The molecule has 19 heavy (non-hydrogen) atoms. The summed E-state index contributed by atoms with van der Waals surface area (Å²) in [5.41, 5.74) is 3.91. The van der Waals surface area contributed by atoms with Crippen LogP contribution < -0.4 is 10.1 Å². The van der Waals surface area contributed by atoms with Crippen molar-refractivity contribution >= 4 is 23.4 Å². The molecule has 2 aliphatic rings. The van der Waals surface area contributed by atoms with Gasteiger partial charge in [0, 0.05) is 34.1 Å². The summed E-state index contributed by atoms with van der Waals surface area (Å²) in [5.74, 6) is 2.14. The van der Waals surface area contributed by atoms with Gasteiger partial charge in [0.1, 0.15) is 5.75 Å². The Morgan fingerprint density at radius 3 is 3.05 bits per heavy atom. The molecule has 0 bridgehead atoms. The van der Waals surface area contributed by atoms with Crippen LogP contribution in [0.15, 0.2) is 6.07 Å². The third-order valence-corrected chi connectivity index (χ3v) is 5.82. The fraction of sp³-hybridized carbons (Fsp3) is 0.600. The average Bonchev–Trinajstić information content (AvgIpc) is 2.87. The smallest absolute Gasteiger partial charge is 0.127 e. The summed E-state index contributed by atoms with van der Waals surface area (Å²) in [6.45, 7) is 6.18. The molecule has 1 N–H and O–H groups in total. The second-order valence-corrected chi connectivity index (χ2v) is 6.77. The molecule has 4 heteroatoms. The zero-order chi connectivity index (χ0) is 13.4. The van der Waals surface area contributed by atoms with Gasteiger partial charge in [-0.25, -0.2) is 0 Å². The highest BCUT2D eigenvalue weighted by atomic mass is 35.5. The van der Waals surface area contributed by atoms with E-state index in [9.17, 15) is 0 Å². The summed E-state index contributed by atoms with van der Waals surface area (Å²) in [7, 11) is 0. The van der Waals surface area contributed by atoms with Crippen molar-refractivity contribution in [2.45, 2.75) is 43.7 Å². The minimum absolute atomic E-state index is 0.353. The SMILES string of the molecule is CCNC1c2c(Cl)cc3c(c2CSC1CC)OCC3. The number of halogens is 1. The molecular formula is C15H20ClNOS. The Balaban J connectivity index is 2.10. The first-order chi connectivity index (χ1) is 9.26. The third kappa shape index (κ3) is 2.26. The normalized spacial score (nSPS) is 24.8. The van der Waals surface area contributed by atoms with Crippen molar-refractivity contribution < 1.29 is 4.74 Å². The van der Waals surface area contributed by atoms with Gasteiger partial charge in [-0.1, -0.05) is 25.4 Å². The van der Waals surface area contributed by atoms with Crippen LogP contribution >= 0.6 is 23.4 Å². The van der Waals surface area contributed by atoms with Gasteiger partial charge in [0.2, 0.25) is 0 Å². The summed E-state index contributed by atoms with van der Waals surface area (Å²) < 4.78 is 5.85. The number of hydrogen-bond acceptors (Lipinski definition) is 3. The van der Waals surface area contributed by atoms with E-state index in [0.29, 0.717) is 11.3 Å². The Kier molecular flexibility index (Phi) is 3.97. The highest BCUT2D eigenvalue weighted by molar-refractivity contribution is 7.99. The Morgan fingerprint density at radius 1 is 1.47 bits per heavy atom. The van der Waals surface area contributed by atoms with Crippen molar-refractivity contribution in [3.8, 4) is 5.75 Å². The van der Waals surface area contributed by atoms with E-state index < -0.39 is 0 Å². The zero-order valence-electron chi connectivity index (χ0n) is 11.5. The van der Waals surface area contributed by atoms with Crippen molar-refractivity contribution in [2.24, 2.45) is 0 Å². The highest BCUT2D eigenvalue weighted by Crippen LogP contribution is 2.48. The molecule has 2 heterocycles. The van der Waals surface area contributed by atoms with Crippen LogP contribution in [0.5, 0.6) is 5.75 Å². The first kappa shape index (κ1) is 13.6. The quantitative estimate of drug-likeness (QED) is 0.913. The van der Waals surface area contributed by atoms with Gasteiger partial charge in [0.15, 0.2) is 0 Å². The van der Waals surface area contributed by atoms with Crippen LogP contribution in [-0.2, 0) is 12.2 Å². The number of nitrogens with one attached hydrogen (secondary N) is 1. The van der Waals surface area contributed by atoms with Crippen LogP contribution in [0.3, 0.4) is 0 Å². The lowest BCUT2D eigenvalue weighted by Crippen LogP contribution is -2.33. The standard InChI is InChI=1S/C15H20ClNOS/c1-3-12-14(17-4-2)13-10(8-19-12)15-9(5-6-18-15)7-11(13)16/h7,12,14,17H,3-6,8H2,1-2H3. The molecule has 0 saturated heterocycles. The molecule has 2 unspecified atom stereocenters. The first-order valence-electron chi connectivity index (χ1n) is 7.08. The van der Waals surface area contributed by atoms with E-state index in [1.54, 1.807) is 0 Å². The molecule has 0 aromatic heterocycles. The maximum atomic E-state index is 6.57. The Bertz CT molecular complexity index is 492. The molecule has 104 valence electrons. The Morgan fingerprint density at radius 2 is 2.32 bits per heavy atom. The lowest BCUT2D eigenvalue weighted by atomic mass is 9.93. The summed E-state index contributed by atoms with van der Waals surface area (Å²) in [6, 6.07) is 2.47. The molecule has 0 radical (unpaired) electrons. The van der Waals surface area contributed by atoms with E-state index in [1.165, 1.54) is 16.7 Å². The molecule has 0 spiro atoms. The molecule has 2 atom stereocenters. The van der Waals surface area contributed by atoms with Gasteiger partial charge in [-0.3, -0.25) is 0 Å². The second-order valence-electron chi connectivity index (χ2n) is 5.13. The number of rotatable bonds is 3. The van der Waals surface area contributed by atoms with Crippen molar-refractivity contribution in [2.75, 3.05) is 13.2 Å². The largest absolute Gasteiger partial charge is 0.493 e. The number of thioether (sulfide) groups is 1. The Hall–Kier alpha value is -0.380. The number of hydrogen-bond donors (Lipinski definition) is 1. The van der Waals surface area contributed by atoms with Crippen molar-refractivity contribution in [3.63, 3.8) is 0 Å². The van der Waals surface area contributed by atoms with Crippen molar-refractivity contribution in [1.29, 1.82) is 0 Å². The fourth-order valence-electron chi connectivity index (χ4n) is 3.14. The average molecular weight is 298 g/mol. The van der Waals surface area contributed by atoms with Crippen LogP contribution in [0.1, 0.15) is 43.0 Å². The minimum Gasteiger partial charge on any atom is -0.493 e. The van der Waals surface area contributed by atoms with Crippen molar-refractivity contribution in [1.82, 2.24) is 5.32 Å². The van der Waals surface area contributed by atoms with Gasteiger partial charge in [-0.2, -0.15) is 11.8 Å². The van der Waals surface area contributed by atoms with E-state index >= 15 is 0 Å². The molecule has 1 aromatic carbocycles. The van der Waals surface area contributed by atoms with Gasteiger partial charge >= 0.3 is 0 Å². The number of benzene rings is 1. The van der Waals surface area contributed by atoms with Gasteiger partial charge in [-0.15, -0.1) is 0 Å². The van der Waals surface area contributed by atoms with Crippen molar-refractivity contribution in [3.05, 3.63) is 27.8 Å². The van der Waals surface area contributed by atoms with Gasteiger partial charge in [0.05, 0.1) is 6.61 Å². The maximum Gasteiger partial charge on any atom is 0.127 e. The number of fused-ring (bicyclic) bond motifs is 3. The summed E-state index contributed by atoms with van der Waals surface area (Å²) in [4.78, 5) is 0. The molecule has 0 fully saturated rings. The van der Waals surface area contributed by atoms with Gasteiger partial charge in [0.25, 0.3) is 0 Å². The first-order valence-corrected chi connectivity index (χ1v) is 8.50. The summed E-state index contributed by atoms with van der Waals surface area (Å²) >= 11 is 8.60. The van der Waals surface area contributed by atoms with E-state index in [0.717, 1.165) is 42.5 Å². The molecular weight excluding hydrogens is 278 g/mol. The van der Waals surface area contributed by atoms with Crippen LogP contribution in [0.2, 0.25) is 5.02 Å². The molecule has 2 nitrogen and oxygen atoms in total. The lowest BCUT2D eigenvalue weighted by molar-refractivity contribution is 0.353. The molecule has 0 aliphatic carbocycles. The maximum absolute atomic E-state index is 6.57. The van der Waals surface area contributed by atoms with E-state index in [4.69, 9.17) is 16.3 Å². The summed E-state index contributed by atoms with van der Waals surface area (Å²) in [6.07, 6.45) is 2.16. The van der Waals surface area contributed by atoms with E-state index in [2.05, 4.69) is 25.2 Å².